The smallest absolute Gasteiger partial charge is 0.338 e. The van der Waals surface area contributed by atoms with Gasteiger partial charge in [0.1, 0.15) is 0 Å². The van der Waals surface area contributed by atoms with Gasteiger partial charge in [-0.05, 0) is 42.6 Å². The number of alkyl halides is 3. The number of nitrogens with zero attached hydrogens (tertiary/aromatic N) is 3. The normalized spacial score (nSPS) is 20.1. The maximum absolute atomic E-state index is 12.7. The van der Waals surface area contributed by atoms with E-state index in [1.54, 1.807) is 29.2 Å². The minimum atomic E-state index is -4.50. The van der Waals surface area contributed by atoms with Crippen molar-refractivity contribution in [1.29, 1.82) is 0 Å². The molecule has 2 aromatic rings. The van der Waals surface area contributed by atoms with Gasteiger partial charge in [-0.1, -0.05) is 13.0 Å². The zero-order valence-corrected chi connectivity index (χ0v) is 15.0. The number of aromatic nitrogens is 2. The molecule has 0 aliphatic carbocycles. The molecular weight excluding hydrogens is 369 g/mol. The summed E-state index contributed by atoms with van der Waals surface area (Å²) in [7, 11) is 0. The van der Waals surface area contributed by atoms with Gasteiger partial charge in [0.25, 0.3) is 5.91 Å². The van der Waals surface area contributed by atoms with Crippen molar-refractivity contribution >= 4 is 18.3 Å². The molecule has 1 amide bonds. The molecule has 1 aliphatic heterocycles. The van der Waals surface area contributed by atoms with Crippen molar-refractivity contribution in [1.82, 2.24) is 14.7 Å². The van der Waals surface area contributed by atoms with Crippen LogP contribution in [0.3, 0.4) is 0 Å². The van der Waals surface area contributed by atoms with Crippen molar-refractivity contribution in [3.05, 3.63) is 47.8 Å². The predicted molar refractivity (Wildman–Crippen MR) is 93.5 cm³/mol. The first-order valence-corrected chi connectivity index (χ1v) is 7.94. The fraction of sp³-hybridized carbons (Fsp3) is 0.412. The number of rotatable bonds is 3. The van der Waals surface area contributed by atoms with E-state index in [0.717, 1.165) is 17.2 Å². The second-order valence-corrected chi connectivity index (χ2v) is 6.69. The summed E-state index contributed by atoms with van der Waals surface area (Å²) < 4.78 is 39.2. The summed E-state index contributed by atoms with van der Waals surface area (Å²) in [6, 6.07) is 7.35. The predicted octanol–water partition coefficient (Wildman–Crippen LogP) is 3.12. The second-order valence-electron chi connectivity index (χ2n) is 6.69. The average Bonchev–Trinajstić information content (AvgIpc) is 3.22. The minimum absolute atomic E-state index is 0. The van der Waals surface area contributed by atoms with Crippen LogP contribution in [0.5, 0.6) is 0 Å². The standard InChI is InChI=1S/C17H19F3N4O.ClH/c1-16(10-21)6-8-23(11-16)15(25)12-3-2-4-13(9-12)24-7-5-14(22-24)17(18,19)20;/h2-5,7,9H,6,8,10-11,21H2,1H3;1H. The lowest BCUT2D eigenvalue weighted by molar-refractivity contribution is -0.141. The van der Waals surface area contributed by atoms with E-state index in [1.807, 2.05) is 6.92 Å². The molecule has 26 heavy (non-hydrogen) atoms. The molecule has 0 radical (unpaired) electrons. The van der Waals surface area contributed by atoms with E-state index in [-0.39, 0.29) is 23.7 Å². The van der Waals surface area contributed by atoms with Crippen molar-refractivity contribution in [3.8, 4) is 5.69 Å². The minimum Gasteiger partial charge on any atom is -0.338 e. The lowest BCUT2D eigenvalue weighted by atomic mass is 9.90. The molecule has 2 N–H and O–H groups in total. The van der Waals surface area contributed by atoms with E-state index < -0.39 is 11.9 Å². The molecule has 1 fully saturated rings. The van der Waals surface area contributed by atoms with E-state index in [0.29, 0.717) is 30.9 Å². The van der Waals surface area contributed by atoms with Crippen LogP contribution in [-0.2, 0) is 6.18 Å². The zero-order chi connectivity index (χ0) is 18.2. The first-order valence-electron chi connectivity index (χ1n) is 7.94. The van der Waals surface area contributed by atoms with Crippen molar-refractivity contribution in [2.45, 2.75) is 19.5 Å². The number of nitrogens with two attached hydrogens (primary N) is 1. The van der Waals surface area contributed by atoms with Crippen LogP contribution in [0.4, 0.5) is 13.2 Å². The van der Waals surface area contributed by atoms with Gasteiger partial charge in [-0.15, -0.1) is 12.4 Å². The molecule has 1 saturated heterocycles. The fourth-order valence-electron chi connectivity index (χ4n) is 2.95. The van der Waals surface area contributed by atoms with Crippen molar-refractivity contribution in [3.63, 3.8) is 0 Å². The van der Waals surface area contributed by atoms with Gasteiger partial charge in [-0.3, -0.25) is 4.79 Å². The van der Waals surface area contributed by atoms with Gasteiger partial charge in [-0.2, -0.15) is 18.3 Å². The van der Waals surface area contributed by atoms with Gasteiger partial charge in [0.15, 0.2) is 5.69 Å². The first-order chi connectivity index (χ1) is 11.7. The summed E-state index contributed by atoms with van der Waals surface area (Å²) in [5, 5.41) is 3.54. The lowest BCUT2D eigenvalue weighted by Gasteiger charge is -2.22. The van der Waals surface area contributed by atoms with Crippen LogP contribution in [-0.4, -0.2) is 40.2 Å². The molecule has 1 aromatic heterocycles. The van der Waals surface area contributed by atoms with Crippen molar-refractivity contribution < 1.29 is 18.0 Å². The molecule has 9 heteroatoms. The van der Waals surface area contributed by atoms with Gasteiger partial charge in [-0.25, -0.2) is 4.68 Å². The van der Waals surface area contributed by atoms with E-state index in [4.69, 9.17) is 5.73 Å². The highest BCUT2D eigenvalue weighted by atomic mass is 35.5. The Morgan fingerprint density at radius 1 is 1.35 bits per heavy atom. The Hall–Kier alpha value is -2.06. The molecule has 3 rings (SSSR count). The van der Waals surface area contributed by atoms with Gasteiger partial charge in [0, 0.05) is 24.8 Å². The SMILES string of the molecule is CC1(CN)CCN(C(=O)c2cccc(-n3ccc(C(F)(F)F)n3)c2)C1.Cl. The molecule has 0 spiro atoms. The quantitative estimate of drug-likeness (QED) is 0.878. The van der Waals surface area contributed by atoms with Crippen LogP contribution >= 0.6 is 12.4 Å². The van der Waals surface area contributed by atoms with E-state index in [1.165, 1.54) is 6.20 Å². The van der Waals surface area contributed by atoms with E-state index in [2.05, 4.69) is 5.10 Å². The number of halogens is 4. The Balaban J connectivity index is 0.00000243. The highest BCUT2D eigenvalue weighted by molar-refractivity contribution is 5.95. The van der Waals surface area contributed by atoms with Crippen LogP contribution in [0.15, 0.2) is 36.5 Å². The largest absolute Gasteiger partial charge is 0.435 e. The monoisotopic (exact) mass is 388 g/mol. The Bertz CT molecular complexity index is 792. The van der Waals surface area contributed by atoms with E-state index >= 15 is 0 Å². The molecule has 2 heterocycles. The molecule has 0 saturated carbocycles. The molecule has 1 aliphatic rings. The second kappa shape index (κ2) is 7.28. The topological polar surface area (TPSA) is 64.2 Å². The Morgan fingerprint density at radius 3 is 2.65 bits per heavy atom. The Labute approximate surface area is 155 Å². The van der Waals surface area contributed by atoms with Crippen LogP contribution in [0.25, 0.3) is 5.69 Å². The van der Waals surface area contributed by atoms with Gasteiger partial charge in [0.05, 0.1) is 5.69 Å². The summed E-state index contributed by atoms with van der Waals surface area (Å²) in [5.74, 6) is -0.151. The highest BCUT2D eigenvalue weighted by Crippen LogP contribution is 2.30. The third kappa shape index (κ3) is 4.02. The summed E-state index contributed by atoms with van der Waals surface area (Å²) >= 11 is 0. The number of benzene rings is 1. The number of hydrogen-bond donors (Lipinski definition) is 1. The zero-order valence-electron chi connectivity index (χ0n) is 14.2. The highest BCUT2D eigenvalue weighted by Gasteiger charge is 2.35. The number of carbonyl (C=O) groups is 1. The van der Waals surface area contributed by atoms with E-state index in [9.17, 15) is 18.0 Å². The third-order valence-electron chi connectivity index (χ3n) is 4.58. The molecule has 142 valence electrons. The van der Waals surface area contributed by atoms with Crippen LogP contribution in [0, 0.1) is 5.41 Å². The molecular formula is C17H20ClF3N4O. The summed E-state index contributed by atoms with van der Waals surface area (Å²) in [6.45, 7) is 3.74. The first kappa shape index (κ1) is 20.3. The molecule has 5 nitrogen and oxygen atoms in total. The lowest BCUT2D eigenvalue weighted by Crippen LogP contribution is -2.34. The van der Waals surface area contributed by atoms with Crippen molar-refractivity contribution in [2.75, 3.05) is 19.6 Å². The molecule has 1 aromatic carbocycles. The Morgan fingerprint density at radius 2 is 2.08 bits per heavy atom. The Kier molecular flexibility index (Phi) is 5.67. The maximum Gasteiger partial charge on any atom is 0.435 e. The van der Waals surface area contributed by atoms with Crippen molar-refractivity contribution in [2.24, 2.45) is 11.1 Å². The van der Waals surface area contributed by atoms with Gasteiger partial charge in [0.2, 0.25) is 0 Å². The summed E-state index contributed by atoms with van der Waals surface area (Å²) in [5.41, 5.74) is 5.53. The number of amides is 1. The summed E-state index contributed by atoms with van der Waals surface area (Å²) in [4.78, 5) is 14.4. The summed E-state index contributed by atoms with van der Waals surface area (Å²) in [6.07, 6.45) is -2.43. The average molecular weight is 389 g/mol. The van der Waals surface area contributed by atoms with Crippen LogP contribution < -0.4 is 5.73 Å². The van der Waals surface area contributed by atoms with Crippen LogP contribution in [0.2, 0.25) is 0 Å². The molecule has 0 bridgehead atoms. The number of hydrogen-bond acceptors (Lipinski definition) is 3. The molecule has 1 atom stereocenters. The maximum atomic E-state index is 12.7. The number of carbonyl (C=O) groups excluding carboxylic acids is 1. The fourth-order valence-corrected chi connectivity index (χ4v) is 2.95. The van der Waals surface area contributed by atoms with Gasteiger partial charge < -0.3 is 10.6 Å². The third-order valence-corrected chi connectivity index (χ3v) is 4.58. The van der Waals surface area contributed by atoms with Gasteiger partial charge >= 0.3 is 6.18 Å². The molecule has 1 unspecified atom stereocenters. The van der Waals surface area contributed by atoms with Crippen LogP contribution in [0.1, 0.15) is 29.4 Å². The number of likely N-dealkylation sites (tertiary alicyclic amines) is 1.